The molecule has 2 unspecified atom stereocenters. The molecule has 2 atom stereocenters. The van der Waals surface area contributed by atoms with E-state index in [-0.39, 0.29) is 29.6 Å². The van der Waals surface area contributed by atoms with Crippen molar-refractivity contribution in [3.05, 3.63) is 107 Å². The molecule has 8 rings (SSSR count). The van der Waals surface area contributed by atoms with Crippen molar-refractivity contribution in [2.75, 3.05) is 37.6 Å². The fraction of sp³-hybridized carbons (Fsp3) is 0.364. The number of fused-ring (bicyclic) bond motifs is 1. The molecule has 6 aromatic rings. The van der Waals surface area contributed by atoms with Crippen LogP contribution >= 0.6 is 0 Å². The molecule has 2 aromatic carbocycles. The largest absolute Gasteiger partial charge is 0.368 e. The highest BCUT2D eigenvalue weighted by molar-refractivity contribution is 6.01. The highest BCUT2D eigenvalue weighted by Gasteiger charge is 2.30. The molecule has 0 radical (unpaired) electrons. The number of halogens is 1. The van der Waals surface area contributed by atoms with Gasteiger partial charge in [0.1, 0.15) is 11.5 Å². The van der Waals surface area contributed by atoms with E-state index in [1.165, 1.54) is 6.07 Å². The van der Waals surface area contributed by atoms with Crippen molar-refractivity contribution in [3.63, 3.8) is 0 Å². The summed E-state index contributed by atoms with van der Waals surface area (Å²) >= 11 is 0. The average Bonchev–Trinajstić information content (AvgIpc) is 3.90. The van der Waals surface area contributed by atoms with Crippen molar-refractivity contribution in [3.8, 4) is 22.5 Å². The van der Waals surface area contributed by atoms with Crippen molar-refractivity contribution < 1.29 is 23.3 Å². The molecule has 0 saturated carbocycles. The number of rotatable bonds is 10. The van der Waals surface area contributed by atoms with Crippen molar-refractivity contribution in [2.24, 2.45) is 0 Å². The second-order valence-corrected chi connectivity index (χ2v) is 16.5. The molecule has 59 heavy (non-hydrogen) atoms. The average molecular weight is 799 g/mol. The minimum absolute atomic E-state index is 0.00693. The summed E-state index contributed by atoms with van der Waals surface area (Å²) < 4.78 is 20.3. The summed E-state index contributed by atoms with van der Waals surface area (Å²) in [5.41, 5.74) is 7.90. The van der Waals surface area contributed by atoms with Crippen LogP contribution in [-0.4, -0.2) is 85.7 Å². The van der Waals surface area contributed by atoms with Crippen LogP contribution in [0.3, 0.4) is 0 Å². The zero-order chi connectivity index (χ0) is 41.4. The van der Waals surface area contributed by atoms with Gasteiger partial charge in [0.25, 0.3) is 11.7 Å². The lowest BCUT2D eigenvalue weighted by Gasteiger charge is -2.36. The van der Waals surface area contributed by atoms with Crippen LogP contribution in [0.1, 0.15) is 91.3 Å². The Bertz CT molecular complexity index is 2540. The number of nitrogens with one attached hydrogen (secondary N) is 3. The van der Waals surface area contributed by atoms with Gasteiger partial charge in [-0.15, -0.1) is 0 Å². The van der Waals surface area contributed by atoms with E-state index in [9.17, 15) is 14.4 Å². The van der Waals surface area contributed by atoms with Crippen LogP contribution in [0, 0.1) is 12.7 Å². The van der Waals surface area contributed by atoms with Crippen molar-refractivity contribution >= 4 is 34.4 Å². The van der Waals surface area contributed by atoms with E-state index in [2.05, 4.69) is 64.0 Å². The first kappa shape index (κ1) is 39.5. The van der Waals surface area contributed by atoms with Gasteiger partial charge < -0.3 is 14.7 Å². The lowest BCUT2D eigenvalue weighted by molar-refractivity contribution is -0.134. The highest BCUT2D eigenvalue weighted by atomic mass is 19.1. The predicted molar refractivity (Wildman–Crippen MR) is 220 cm³/mol. The maximum atomic E-state index is 15.0. The molecule has 2 aliphatic heterocycles. The van der Waals surface area contributed by atoms with Gasteiger partial charge in [-0.3, -0.25) is 34.7 Å². The van der Waals surface area contributed by atoms with Gasteiger partial charge in [0.15, 0.2) is 5.65 Å². The molecule has 2 aliphatic rings. The van der Waals surface area contributed by atoms with Gasteiger partial charge in [0, 0.05) is 72.8 Å². The van der Waals surface area contributed by atoms with E-state index in [0.29, 0.717) is 29.9 Å². The predicted octanol–water partition coefficient (Wildman–Crippen LogP) is 6.19. The maximum absolute atomic E-state index is 15.0. The molecule has 2 fully saturated rings. The van der Waals surface area contributed by atoms with Crippen LogP contribution in [0.15, 0.2) is 71.5 Å². The lowest BCUT2D eigenvalue weighted by Crippen LogP contribution is -2.47. The van der Waals surface area contributed by atoms with Gasteiger partial charge in [-0.25, -0.2) is 9.37 Å². The molecule has 3 amide bonds. The van der Waals surface area contributed by atoms with E-state index in [0.717, 1.165) is 83.0 Å². The molecule has 15 heteroatoms. The van der Waals surface area contributed by atoms with Crippen LogP contribution in [0.4, 0.5) is 10.1 Å². The van der Waals surface area contributed by atoms with E-state index < -0.39 is 23.5 Å². The minimum atomic E-state index is -0.629. The third kappa shape index (κ3) is 8.46. The summed E-state index contributed by atoms with van der Waals surface area (Å²) in [4.78, 5) is 55.1. The molecule has 14 nitrogen and oxygen atoms in total. The first-order valence-corrected chi connectivity index (χ1v) is 20.0. The zero-order valence-electron chi connectivity index (χ0n) is 33.8. The number of benzene rings is 2. The topological polar surface area (TPSA) is 175 Å². The molecule has 2 saturated heterocycles. The van der Waals surface area contributed by atoms with E-state index >= 15 is 4.39 Å². The van der Waals surface area contributed by atoms with Gasteiger partial charge in [-0.2, -0.15) is 10.1 Å². The van der Waals surface area contributed by atoms with Crippen LogP contribution in [0.2, 0.25) is 0 Å². The number of aryl methyl sites for hydroxylation is 1. The van der Waals surface area contributed by atoms with E-state index in [4.69, 9.17) is 9.51 Å². The Morgan fingerprint density at radius 1 is 1.00 bits per heavy atom. The van der Waals surface area contributed by atoms with Crippen LogP contribution in [0.5, 0.6) is 0 Å². The number of imide groups is 1. The first-order valence-electron chi connectivity index (χ1n) is 20.0. The lowest BCUT2D eigenvalue weighted by atomic mass is 9.89. The van der Waals surface area contributed by atoms with Gasteiger partial charge in [-0.1, -0.05) is 50.2 Å². The van der Waals surface area contributed by atoms with Crippen molar-refractivity contribution in [2.45, 2.75) is 71.3 Å². The van der Waals surface area contributed by atoms with Gasteiger partial charge in [0.2, 0.25) is 17.7 Å². The normalized spacial score (nSPS) is 17.0. The standard InChI is InChI=1S/C44H47FN10O4/c1-25-20-28(7-10-31(25)26(2)48-42(58)40-50-43(59-53-40)44(3,4)5)38-34-22-29(23-47-39(34)52-51-38)36-12-8-30(24-46-36)55-18-16-54(17-19-55)15-14-27-6-9-32(35(45)21-27)33-11-13-37(56)49-41(33)57/h6-10,12,20-24,26,33H,11,13-19H2,1-5H3,(H,48,58)(H,47,51,52)(H,49,56,57). The van der Waals surface area contributed by atoms with Gasteiger partial charge >= 0.3 is 0 Å². The Hall–Kier alpha value is -6.35. The second-order valence-electron chi connectivity index (χ2n) is 16.5. The molecular formula is C44H47FN10O4. The smallest absolute Gasteiger partial charge is 0.293 e. The summed E-state index contributed by atoms with van der Waals surface area (Å²) in [6, 6.07) is 17.0. The summed E-state index contributed by atoms with van der Waals surface area (Å²) in [7, 11) is 0. The number of hydrogen-bond acceptors (Lipinski definition) is 11. The number of pyridine rings is 2. The Labute approximate surface area is 341 Å². The number of H-pyrrole nitrogens is 1. The molecule has 0 bridgehead atoms. The number of aromatic amines is 1. The summed E-state index contributed by atoms with van der Waals surface area (Å²) in [6.45, 7) is 14.0. The number of piperidine rings is 1. The summed E-state index contributed by atoms with van der Waals surface area (Å²) in [5, 5.41) is 17.7. The Morgan fingerprint density at radius 2 is 1.81 bits per heavy atom. The van der Waals surface area contributed by atoms with Gasteiger partial charge in [0.05, 0.1) is 29.5 Å². The highest BCUT2D eigenvalue weighted by Crippen LogP contribution is 2.32. The number of anilines is 1. The molecule has 6 heterocycles. The monoisotopic (exact) mass is 798 g/mol. The number of amides is 3. The number of nitrogens with zero attached hydrogens (tertiary/aromatic N) is 7. The molecule has 0 spiro atoms. The first-order chi connectivity index (χ1) is 28.3. The Balaban J connectivity index is 0.870. The van der Waals surface area contributed by atoms with Crippen LogP contribution < -0.4 is 15.5 Å². The third-order valence-electron chi connectivity index (χ3n) is 11.2. The van der Waals surface area contributed by atoms with E-state index in [1.54, 1.807) is 12.3 Å². The fourth-order valence-electron chi connectivity index (χ4n) is 7.79. The zero-order valence-corrected chi connectivity index (χ0v) is 33.8. The number of carbonyl (C=O) groups excluding carboxylic acids is 3. The number of hydrogen-bond donors (Lipinski definition) is 3. The second kappa shape index (κ2) is 16.1. The third-order valence-corrected chi connectivity index (χ3v) is 11.2. The van der Waals surface area contributed by atoms with Crippen LogP contribution in [0.25, 0.3) is 33.5 Å². The Kier molecular flexibility index (Phi) is 10.8. The van der Waals surface area contributed by atoms with Crippen LogP contribution in [-0.2, 0) is 21.4 Å². The molecule has 4 aromatic heterocycles. The quantitative estimate of drug-likeness (QED) is 0.135. The molecular weight excluding hydrogens is 752 g/mol. The SMILES string of the molecule is Cc1cc(-c2n[nH]c3ncc(-c4ccc(N5CCN(CCc6ccc(C7CCC(=O)NC7=O)c(F)c6)CC5)cn4)cc23)ccc1C(C)NC(=O)c1noc(C(C)(C)C)n1. The fourth-order valence-corrected chi connectivity index (χ4v) is 7.79. The summed E-state index contributed by atoms with van der Waals surface area (Å²) in [5.74, 6) is -1.75. The number of aromatic nitrogens is 6. The molecule has 3 N–H and O–H groups in total. The van der Waals surface area contributed by atoms with Crippen molar-refractivity contribution in [1.82, 2.24) is 45.8 Å². The van der Waals surface area contributed by atoms with Crippen molar-refractivity contribution in [1.29, 1.82) is 0 Å². The molecule has 304 valence electrons. The summed E-state index contributed by atoms with van der Waals surface area (Å²) in [6.07, 6.45) is 4.95. The minimum Gasteiger partial charge on any atom is -0.368 e. The number of piperazine rings is 1. The van der Waals surface area contributed by atoms with Gasteiger partial charge in [-0.05, 0) is 73.7 Å². The van der Waals surface area contributed by atoms with E-state index in [1.807, 2.05) is 65.1 Å². The number of carbonyl (C=O) groups is 3. The Morgan fingerprint density at radius 3 is 2.51 bits per heavy atom. The molecule has 0 aliphatic carbocycles. The maximum Gasteiger partial charge on any atom is 0.293 e.